The maximum atomic E-state index is 15.6. The van der Waals surface area contributed by atoms with Crippen molar-refractivity contribution in [2.45, 2.75) is 0 Å². The smallest absolute Gasteiger partial charge is 0.222 e. The van der Waals surface area contributed by atoms with Crippen molar-refractivity contribution < 1.29 is 61.5 Å². The first-order valence-electron chi connectivity index (χ1n) is 15.8. The Hall–Kier alpha value is -7.26. The van der Waals surface area contributed by atoms with Crippen molar-refractivity contribution in [1.82, 2.24) is 0 Å². The molecule has 0 N–H and O–H groups in total. The van der Waals surface area contributed by atoms with Crippen LogP contribution in [0.2, 0.25) is 0 Å². The average molecular weight is 873 g/mol. The van der Waals surface area contributed by atoms with Crippen LogP contribution in [0.3, 0.4) is 0 Å². The highest BCUT2D eigenvalue weighted by Gasteiger charge is 2.32. The van der Waals surface area contributed by atoms with E-state index in [1.165, 1.54) is 6.07 Å². The van der Waals surface area contributed by atoms with Crippen molar-refractivity contribution in [3.8, 4) is 33.0 Å². The fraction of sp³-hybridized carbons (Fsp3) is 0. The molecule has 20 heteroatoms. The zero-order valence-corrected chi connectivity index (χ0v) is 30.0. The molecule has 0 spiro atoms. The molecule has 0 atom stereocenters. The number of hydrogen-bond donors (Lipinski definition) is 0. The molecule has 0 unspecified atom stereocenters. The minimum atomic E-state index is -2.58. The third-order valence-corrected chi connectivity index (χ3v) is 11.3. The van der Waals surface area contributed by atoms with Crippen molar-refractivity contribution in [2.75, 3.05) is 0 Å². The Morgan fingerprint density at radius 1 is 0.500 bits per heavy atom. The van der Waals surface area contributed by atoms with E-state index in [-0.39, 0.29) is 34.8 Å². The van der Waals surface area contributed by atoms with Crippen LogP contribution in [-0.4, -0.2) is 0 Å². The quantitative estimate of drug-likeness (QED) is 0.0766. The minimum absolute atomic E-state index is 0.0704. The monoisotopic (exact) mass is 872 g/mol. The number of halogens is 14. The summed E-state index contributed by atoms with van der Waals surface area (Å²) < 4.78 is 207. The second-order valence-electron chi connectivity index (χ2n) is 12.1. The number of thiophene rings is 2. The molecule has 0 saturated carbocycles. The molecule has 7 rings (SSSR count). The first-order valence-corrected chi connectivity index (χ1v) is 17.4. The Bertz CT molecular complexity index is 3090. The van der Waals surface area contributed by atoms with E-state index in [4.69, 9.17) is 13.1 Å². The van der Waals surface area contributed by atoms with Crippen LogP contribution < -0.4 is 10.4 Å². The molecule has 0 fully saturated rings. The molecule has 2 heterocycles. The van der Waals surface area contributed by atoms with Gasteiger partial charge in [-0.05, 0) is 35.7 Å². The average Bonchev–Trinajstić information content (AvgIpc) is 3.85. The van der Waals surface area contributed by atoms with Gasteiger partial charge in [0, 0.05) is 52.2 Å². The molecule has 5 aromatic carbocycles. The number of fused-ring (bicyclic) bond motifs is 2. The van der Waals surface area contributed by atoms with Gasteiger partial charge in [0.15, 0.2) is 46.5 Å². The van der Waals surface area contributed by atoms with Gasteiger partial charge in [-0.15, -0.1) is 22.7 Å². The van der Waals surface area contributed by atoms with Crippen molar-refractivity contribution in [1.29, 1.82) is 10.5 Å². The van der Waals surface area contributed by atoms with Crippen LogP contribution in [0, 0.1) is 117 Å². The third-order valence-electron chi connectivity index (χ3n) is 8.94. The third kappa shape index (κ3) is 5.99. The van der Waals surface area contributed by atoms with Crippen LogP contribution in [0.4, 0.5) is 67.2 Å². The molecule has 0 amide bonds. The van der Waals surface area contributed by atoms with Crippen molar-refractivity contribution >= 4 is 59.8 Å². The fourth-order valence-electron chi connectivity index (χ4n) is 6.27. The Balaban J connectivity index is 1.87. The van der Waals surface area contributed by atoms with E-state index >= 15 is 26.3 Å². The molecule has 0 radical (unpaired) electrons. The highest BCUT2D eigenvalue weighted by molar-refractivity contribution is 7.24. The first-order chi connectivity index (χ1) is 28.4. The molecule has 0 aliphatic heterocycles. The molecule has 7 aromatic rings. The van der Waals surface area contributed by atoms with Gasteiger partial charge in [0.05, 0.1) is 35.4 Å². The van der Waals surface area contributed by atoms with Crippen LogP contribution in [0.1, 0.15) is 16.7 Å². The van der Waals surface area contributed by atoms with E-state index in [0.29, 0.717) is 24.3 Å². The summed E-state index contributed by atoms with van der Waals surface area (Å²) in [5, 5.41) is 17.4. The molecule has 296 valence electrons. The molecule has 0 bridgehead atoms. The molecule has 60 heavy (non-hydrogen) atoms. The van der Waals surface area contributed by atoms with Gasteiger partial charge < -0.3 is 0 Å². The van der Waals surface area contributed by atoms with Gasteiger partial charge in [0.1, 0.15) is 35.4 Å². The van der Waals surface area contributed by atoms with E-state index in [9.17, 15) is 45.6 Å². The van der Waals surface area contributed by atoms with Crippen molar-refractivity contribution in [3.05, 3.63) is 168 Å². The summed E-state index contributed by atoms with van der Waals surface area (Å²) in [4.78, 5) is 4.38. The van der Waals surface area contributed by atoms with Crippen LogP contribution >= 0.6 is 22.7 Å². The lowest BCUT2D eigenvalue weighted by Crippen LogP contribution is -2.17. The van der Waals surface area contributed by atoms with Crippen LogP contribution in [0.5, 0.6) is 0 Å². The maximum absolute atomic E-state index is 15.6. The van der Waals surface area contributed by atoms with Gasteiger partial charge in [-0.1, -0.05) is 0 Å². The lowest BCUT2D eigenvalue weighted by atomic mass is 9.96. The number of benzene rings is 5. The van der Waals surface area contributed by atoms with Crippen molar-refractivity contribution in [3.63, 3.8) is 0 Å². The molecular formula is C40H6F14N4S2. The second-order valence-corrected chi connectivity index (χ2v) is 14.2. The van der Waals surface area contributed by atoms with Gasteiger partial charge >= 0.3 is 0 Å². The number of nitriles is 2. The van der Waals surface area contributed by atoms with E-state index in [2.05, 4.69) is 9.69 Å². The Kier molecular flexibility index (Phi) is 10.1. The topological polar surface area (TPSA) is 56.3 Å². The molecule has 0 aliphatic carbocycles. The van der Waals surface area contributed by atoms with Crippen LogP contribution in [0.25, 0.3) is 62.0 Å². The number of rotatable bonds is 4. The predicted molar refractivity (Wildman–Crippen MR) is 188 cm³/mol. The van der Waals surface area contributed by atoms with E-state index in [0.717, 1.165) is 0 Å². The molecule has 0 saturated heterocycles. The van der Waals surface area contributed by atoms with Gasteiger partial charge in [-0.2, -0.15) is 10.5 Å². The molecule has 4 nitrogen and oxygen atoms in total. The van der Waals surface area contributed by atoms with Crippen LogP contribution in [-0.2, 0) is 0 Å². The summed E-state index contributed by atoms with van der Waals surface area (Å²) in [6.45, 7) is 15.3. The standard InChI is InChI=1S/C40H6F14N4S2/c1-57-21-4-12(18(42)8-20(21)44)16(10-56)24-14-5-22(26-28(45)32(49)36(53)33(50)29(26)46)60-40(14)25(38(58-2)13-3-11(9-55)17(41)7-19(13)43)15-6-23(59-39(15)24)27-30(47)34(51)37(54)35(52)31(27)48/h3-8H/b24-16-,38-25+. The first kappa shape index (κ1) is 40.9. The second kappa shape index (κ2) is 14.8. The molecule has 0 aliphatic rings. The summed E-state index contributed by atoms with van der Waals surface area (Å²) >= 11 is 0.141. The predicted octanol–water partition coefficient (Wildman–Crippen LogP) is 11.6. The fourth-order valence-corrected chi connectivity index (χ4v) is 8.79. The lowest BCUT2D eigenvalue weighted by molar-refractivity contribution is 0.381. The summed E-state index contributed by atoms with van der Waals surface area (Å²) in [5.41, 5.74) is -8.73. The van der Waals surface area contributed by atoms with E-state index in [1.54, 1.807) is 6.07 Å². The summed E-state index contributed by atoms with van der Waals surface area (Å²) in [6, 6.07) is 5.63. The summed E-state index contributed by atoms with van der Waals surface area (Å²) in [7, 11) is 0. The molecule has 2 aromatic heterocycles. The molecular weight excluding hydrogens is 867 g/mol. The normalized spacial score (nSPS) is 12.3. The van der Waals surface area contributed by atoms with Crippen molar-refractivity contribution in [2.24, 2.45) is 0 Å². The number of hydrogen-bond acceptors (Lipinski definition) is 4. The minimum Gasteiger partial charge on any atom is -0.237 e. The largest absolute Gasteiger partial charge is 0.237 e. The summed E-state index contributed by atoms with van der Waals surface area (Å²) in [5.74, 6) is -30.5. The Morgan fingerprint density at radius 2 is 0.933 bits per heavy atom. The zero-order valence-electron chi connectivity index (χ0n) is 28.4. The Morgan fingerprint density at radius 3 is 1.38 bits per heavy atom. The van der Waals surface area contributed by atoms with Crippen LogP contribution in [0.15, 0.2) is 36.4 Å². The number of nitrogens with zero attached hydrogens (tertiary/aromatic N) is 4. The van der Waals surface area contributed by atoms with Gasteiger partial charge in [0.25, 0.3) is 0 Å². The Labute approximate surface area is 331 Å². The summed E-state index contributed by atoms with van der Waals surface area (Å²) in [6.07, 6.45) is 0. The highest BCUT2D eigenvalue weighted by Crippen LogP contribution is 2.42. The van der Waals surface area contributed by atoms with Gasteiger partial charge in [-0.3, -0.25) is 0 Å². The van der Waals surface area contributed by atoms with Gasteiger partial charge in [0.2, 0.25) is 23.0 Å². The maximum Gasteiger partial charge on any atom is 0.222 e. The SMILES string of the molecule is [C-]#[N+]/C(c1cc(C#N)c(F)cc1F)=c1\c2cc(-c3c(F)c(F)c(F)c(F)c3F)sc2/c(=C(/C#N)c2cc([N+]#[C-])c(F)cc2F)c2cc(-c3c(F)c(F)c(F)c(F)c3F)sc12. The van der Waals surface area contributed by atoms with Gasteiger partial charge in [-0.25, -0.2) is 71.2 Å². The van der Waals surface area contributed by atoms with E-state index in [1.807, 2.05) is 0 Å². The lowest BCUT2D eigenvalue weighted by Gasteiger charge is -2.09. The highest BCUT2D eigenvalue weighted by atomic mass is 32.1. The zero-order chi connectivity index (χ0) is 43.8. The van der Waals surface area contributed by atoms with E-state index < -0.39 is 167 Å².